The van der Waals surface area contributed by atoms with Crippen molar-refractivity contribution in [2.75, 3.05) is 26.9 Å². The van der Waals surface area contributed by atoms with E-state index < -0.39 is 5.60 Å². The molecule has 1 heterocycles. The average molecular weight is 236 g/mol. The first kappa shape index (κ1) is 12.7. The quantitative estimate of drug-likeness (QED) is 0.721. The molecule has 0 aromatic carbocycles. The van der Waals surface area contributed by atoms with E-state index in [0.29, 0.717) is 19.8 Å². The molecule has 1 aliphatic heterocycles. The number of carbonyl (C=O) groups is 1. The van der Waals surface area contributed by atoms with Crippen LogP contribution in [0.3, 0.4) is 0 Å². The van der Waals surface area contributed by atoms with E-state index in [-0.39, 0.29) is 11.3 Å². The Morgan fingerprint density at radius 1 is 1.73 bits per heavy atom. The van der Waals surface area contributed by atoms with Crippen molar-refractivity contribution in [1.82, 2.24) is 5.32 Å². The largest absolute Gasteiger partial charge is 0.383 e. The number of ether oxygens (including phenoxy) is 2. The lowest BCUT2D eigenvalue weighted by Gasteiger charge is -2.22. The Hall–Kier alpha value is -0.320. The monoisotopic (exact) mass is 235 g/mol. The van der Waals surface area contributed by atoms with Crippen LogP contribution in [0.2, 0.25) is 0 Å². The van der Waals surface area contributed by atoms with Gasteiger partial charge in [-0.3, -0.25) is 4.79 Å². The second-order valence-corrected chi connectivity index (χ2v) is 4.56. The molecule has 1 N–H and O–H groups in total. The van der Waals surface area contributed by atoms with Gasteiger partial charge in [-0.25, -0.2) is 0 Å². The highest BCUT2D eigenvalue weighted by Crippen LogP contribution is 2.24. The minimum Gasteiger partial charge on any atom is -0.383 e. The number of carbonyl (C=O) groups excluding carboxylic acids is 1. The third-order valence-electron chi connectivity index (χ3n) is 2.53. The van der Waals surface area contributed by atoms with Gasteiger partial charge < -0.3 is 14.8 Å². The molecule has 0 radical (unpaired) electrons. The van der Waals surface area contributed by atoms with E-state index in [2.05, 4.69) is 5.32 Å². The lowest BCUT2D eigenvalue weighted by molar-refractivity contribution is -0.139. The molecule has 88 valence electrons. The number of halogens is 1. The first-order valence-corrected chi connectivity index (χ1v) is 5.57. The maximum atomic E-state index is 11.7. The zero-order valence-electron chi connectivity index (χ0n) is 9.22. The van der Waals surface area contributed by atoms with Gasteiger partial charge in [-0.2, -0.15) is 0 Å². The molecule has 1 rings (SSSR count). The summed E-state index contributed by atoms with van der Waals surface area (Å²) in [5.41, 5.74) is -0.663. The summed E-state index contributed by atoms with van der Waals surface area (Å²) >= 11 is 5.90. The predicted molar refractivity (Wildman–Crippen MR) is 58.1 cm³/mol. The molecule has 2 unspecified atom stereocenters. The number of rotatable bonds is 5. The first-order chi connectivity index (χ1) is 7.08. The van der Waals surface area contributed by atoms with Crippen LogP contribution in [0.15, 0.2) is 0 Å². The Morgan fingerprint density at radius 3 is 3.00 bits per heavy atom. The molecule has 2 atom stereocenters. The van der Waals surface area contributed by atoms with E-state index >= 15 is 0 Å². The highest BCUT2D eigenvalue weighted by molar-refractivity contribution is 6.21. The molecule has 1 aliphatic rings. The predicted octanol–water partition coefficient (Wildman–Crippen LogP) is 0.925. The zero-order valence-corrected chi connectivity index (χ0v) is 9.97. The molecule has 0 saturated carbocycles. The van der Waals surface area contributed by atoms with Gasteiger partial charge in [-0.1, -0.05) is 0 Å². The van der Waals surface area contributed by atoms with Crippen LogP contribution in [0.25, 0.3) is 0 Å². The summed E-state index contributed by atoms with van der Waals surface area (Å²) in [7, 11) is 1.58. The van der Waals surface area contributed by atoms with Gasteiger partial charge in [0.2, 0.25) is 0 Å². The Labute approximate surface area is 95.3 Å². The summed E-state index contributed by atoms with van der Waals surface area (Å²) in [5.74, 6) is -0.0817. The van der Waals surface area contributed by atoms with Crippen LogP contribution in [0, 0.1) is 0 Å². The first-order valence-electron chi connectivity index (χ1n) is 5.14. The lowest BCUT2D eigenvalue weighted by atomic mass is 10.0. The lowest BCUT2D eigenvalue weighted by Crippen LogP contribution is -2.46. The fourth-order valence-corrected chi connectivity index (χ4v) is 1.79. The van der Waals surface area contributed by atoms with Crippen LogP contribution in [0.5, 0.6) is 0 Å². The van der Waals surface area contributed by atoms with E-state index in [1.807, 2.05) is 6.92 Å². The van der Waals surface area contributed by atoms with Crippen LogP contribution < -0.4 is 5.32 Å². The molecule has 4 nitrogen and oxygen atoms in total. The molecule has 1 saturated heterocycles. The topological polar surface area (TPSA) is 47.6 Å². The maximum absolute atomic E-state index is 11.7. The summed E-state index contributed by atoms with van der Waals surface area (Å²) in [6.45, 7) is 3.31. The van der Waals surface area contributed by atoms with E-state index in [4.69, 9.17) is 21.1 Å². The molecule has 1 fully saturated rings. The Balaban J connectivity index is 2.29. The van der Waals surface area contributed by atoms with Gasteiger partial charge in [0.1, 0.15) is 5.60 Å². The van der Waals surface area contributed by atoms with E-state index in [9.17, 15) is 4.79 Å². The summed E-state index contributed by atoms with van der Waals surface area (Å²) < 4.78 is 10.3. The minimum atomic E-state index is -0.663. The molecular formula is C10H18ClNO3. The standard InChI is InChI=1S/C10H18ClNO3/c1-10(4-3-5-15-10)9(13)12-6-8(11)7-14-2/h8H,3-7H2,1-2H3,(H,12,13). The van der Waals surface area contributed by atoms with Crippen molar-refractivity contribution >= 4 is 17.5 Å². The van der Waals surface area contributed by atoms with Crippen molar-refractivity contribution in [3.05, 3.63) is 0 Å². The van der Waals surface area contributed by atoms with E-state index in [1.54, 1.807) is 7.11 Å². The van der Waals surface area contributed by atoms with Crippen LogP contribution in [-0.4, -0.2) is 43.8 Å². The maximum Gasteiger partial charge on any atom is 0.252 e. The van der Waals surface area contributed by atoms with Crippen LogP contribution in [-0.2, 0) is 14.3 Å². The van der Waals surface area contributed by atoms with Crippen LogP contribution in [0.1, 0.15) is 19.8 Å². The summed E-state index contributed by atoms with van der Waals surface area (Å²) in [4.78, 5) is 11.7. The molecule has 0 aromatic heterocycles. The van der Waals surface area contributed by atoms with Crippen LogP contribution in [0.4, 0.5) is 0 Å². The van der Waals surface area contributed by atoms with Crippen molar-refractivity contribution in [2.45, 2.75) is 30.7 Å². The Bertz CT molecular complexity index is 217. The number of hydrogen-bond acceptors (Lipinski definition) is 3. The SMILES string of the molecule is COCC(Cl)CNC(=O)C1(C)CCCO1. The van der Waals surface area contributed by atoms with Gasteiger partial charge in [0, 0.05) is 20.3 Å². The van der Waals surface area contributed by atoms with Crippen molar-refractivity contribution in [2.24, 2.45) is 0 Å². The molecule has 15 heavy (non-hydrogen) atoms. The number of nitrogens with one attached hydrogen (secondary N) is 1. The third-order valence-corrected chi connectivity index (χ3v) is 2.81. The normalized spacial score (nSPS) is 27.7. The molecule has 0 aliphatic carbocycles. The number of hydrogen-bond donors (Lipinski definition) is 1. The van der Waals surface area contributed by atoms with Crippen molar-refractivity contribution in [3.63, 3.8) is 0 Å². The van der Waals surface area contributed by atoms with Crippen molar-refractivity contribution in [1.29, 1.82) is 0 Å². The van der Waals surface area contributed by atoms with Gasteiger partial charge >= 0.3 is 0 Å². The summed E-state index contributed by atoms with van der Waals surface area (Å²) in [6, 6.07) is 0. The Morgan fingerprint density at radius 2 is 2.47 bits per heavy atom. The van der Waals surface area contributed by atoms with E-state index in [0.717, 1.165) is 12.8 Å². The molecule has 0 aromatic rings. The summed E-state index contributed by atoms with van der Waals surface area (Å²) in [5, 5.41) is 2.58. The Kier molecular flexibility index (Phi) is 4.83. The molecule has 5 heteroatoms. The van der Waals surface area contributed by atoms with Crippen molar-refractivity contribution < 1.29 is 14.3 Å². The van der Waals surface area contributed by atoms with Gasteiger partial charge in [0.25, 0.3) is 5.91 Å². The van der Waals surface area contributed by atoms with Crippen molar-refractivity contribution in [3.8, 4) is 0 Å². The van der Waals surface area contributed by atoms with E-state index in [1.165, 1.54) is 0 Å². The van der Waals surface area contributed by atoms with Crippen LogP contribution >= 0.6 is 11.6 Å². The zero-order chi connectivity index (χ0) is 11.3. The molecule has 0 spiro atoms. The van der Waals surface area contributed by atoms with Gasteiger partial charge in [-0.05, 0) is 19.8 Å². The van der Waals surface area contributed by atoms with Gasteiger partial charge in [-0.15, -0.1) is 11.6 Å². The number of alkyl halides is 1. The molecular weight excluding hydrogens is 218 g/mol. The summed E-state index contributed by atoms with van der Waals surface area (Å²) in [6.07, 6.45) is 1.71. The number of methoxy groups -OCH3 is 1. The molecule has 0 bridgehead atoms. The van der Waals surface area contributed by atoms with Gasteiger partial charge in [0.05, 0.1) is 12.0 Å². The fourth-order valence-electron chi connectivity index (χ4n) is 1.59. The van der Waals surface area contributed by atoms with Gasteiger partial charge in [0.15, 0.2) is 0 Å². The second-order valence-electron chi connectivity index (χ2n) is 3.95. The molecule has 1 amide bonds. The highest BCUT2D eigenvalue weighted by atomic mass is 35.5. The smallest absolute Gasteiger partial charge is 0.252 e. The second kappa shape index (κ2) is 5.68. The highest BCUT2D eigenvalue weighted by Gasteiger charge is 2.37. The minimum absolute atomic E-state index is 0.0817. The average Bonchev–Trinajstić information content (AvgIpc) is 2.63. The number of amides is 1. The fraction of sp³-hybridized carbons (Fsp3) is 0.900. The third kappa shape index (κ3) is 3.63.